The molecule has 58 valence electrons. The van der Waals surface area contributed by atoms with Crippen molar-refractivity contribution in [3.8, 4) is 5.75 Å². The minimum absolute atomic E-state index is 0.583. The Kier molecular flexibility index (Phi) is 2.69. The largest absolute Gasteiger partial charge is 0.495 e. The lowest BCUT2D eigenvalue weighted by molar-refractivity contribution is 0.415. The van der Waals surface area contributed by atoms with E-state index in [0.717, 1.165) is 5.46 Å². The molecular weight excluding hydrogens is 182 g/mol. The van der Waals surface area contributed by atoms with Crippen LogP contribution in [0, 0.1) is 0 Å². The number of ether oxygens (including phenoxy) is 1. The van der Waals surface area contributed by atoms with E-state index in [9.17, 15) is 0 Å². The first kappa shape index (κ1) is 8.76. The maximum atomic E-state index is 5.89. The van der Waals surface area contributed by atoms with Gasteiger partial charge in [-0.3, -0.25) is 0 Å². The van der Waals surface area contributed by atoms with E-state index in [4.69, 9.17) is 27.9 Å². The van der Waals surface area contributed by atoms with Gasteiger partial charge in [0.2, 0.25) is 0 Å². The Labute approximate surface area is 76.7 Å². The molecular formula is C7H7BCl2O. The molecule has 0 radical (unpaired) electrons. The number of halogens is 2. The third-order valence-corrected chi connectivity index (χ3v) is 2.38. The van der Waals surface area contributed by atoms with Gasteiger partial charge >= 0.3 is 0 Å². The summed E-state index contributed by atoms with van der Waals surface area (Å²) in [6.45, 7) is 0. The van der Waals surface area contributed by atoms with Crippen molar-refractivity contribution in [1.82, 2.24) is 0 Å². The molecule has 0 aliphatic rings. The summed E-state index contributed by atoms with van der Waals surface area (Å²) in [5.41, 5.74) is 0.854. The molecule has 0 aromatic heterocycles. The molecule has 0 amide bonds. The average Bonchev–Trinajstić information content (AvgIpc) is 2.01. The molecule has 0 saturated heterocycles. The minimum atomic E-state index is 0.583. The average molecular weight is 189 g/mol. The van der Waals surface area contributed by atoms with Gasteiger partial charge in [-0.25, -0.2) is 0 Å². The van der Waals surface area contributed by atoms with Gasteiger partial charge in [0.1, 0.15) is 13.6 Å². The maximum absolute atomic E-state index is 5.89. The van der Waals surface area contributed by atoms with Crippen molar-refractivity contribution >= 4 is 36.5 Å². The zero-order valence-electron chi connectivity index (χ0n) is 6.32. The molecule has 0 bridgehead atoms. The van der Waals surface area contributed by atoms with Gasteiger partial charge in [-0.15, -0.1) is 0 Å². The molecule has 0 unspecified atom stereocenters. The summed E-state index contributed by atoms with van der Waals surface area (Å²) >= 11 is 11.7. The lowest BCUT2D eigenvalue weighted by Gasteiger charge is -2.06. The van der Waals surface area contributed by atoms with Crippen LogP contribution in [0.2, 0.25) is 10.0 Å². The molecule has 0 fully saturated rings. The van der Waals surface area contributed by atoms with Crippen molar-refractivity contribution in [3.05, 3.63) is 22.2 Å². The van der Waals surface area contributed by atoms with Crippen LogP contribution in [0.4, 0.5) is 0 Å². The molecule has 0 atom stereocenters. The molecule has 4 heteroatoms. The molecule has 0 N–H and O–H groups in total. The predicted octanol–water partition coefficient (Wildman–Crippen LogP) is 1.26. The first-order valence-corrected chi connectivity index (χ1v) is 3.91. The first-order chi connectivity index (χ1) is 5.16. The molecule has 1 rings (SSSR count). The second-order valence-electron chi connectivity index (χ2n) is 2.19. The molecule has 0 heterocycles. The van der Waals surface area contributed by atoms with E-state index in [1.54, 1.807) is 19.2 Å². The first-order valence-electron chi connectivity index (χ1n) is 3.15. The maximum Gasteiger partial charge on any atom is 0.143 e. The fourth-order valence-corrected chi connectivity index (χ4v) is 1.24. The fraction of sp³-hybridized carbons (Fsp3) is 0.143. The van der Waals surface area contributed by atoms with E-state index >= 15 is 0 Å². The van der Waals surface area contributed by atoms with Gasteiger partial charge < -0.3 is 4.74 Å². The molecule has 1 nitrogen and oxygen atoms in total. The monoisotopic (exact) mass is 188 g/mol. The van der Waals surface area contributed by atoms with E-state index in [0.29, 0.717) is 15.8 Å². The molecule has 1 aromatic carbocycles. The number of methoxy groups -OCH3 is 1. The van der Waals surface area contributed by atoms with Crippen LogP contribution in [0.25, 0.3) is 0 Å². The van der Waals surface area contributed by atoms with E-state index in [-0.39, 0.29) is 0 Å². The minimum Gasteiger partial charge on any atom is -0.495 e. The van der Waals surface area contributed by atoms with E-state index in [2.05, 4.69) is 0 Å². The van der Waals surface area contributed by atoms with Gasteiger partial charge in [0, 0.05) is 5.02 Å². The third-order valence-electron chi connectivity index (χ3n) is 1.50. The standard InChI is InChI=1S/C7H7BCl2O/c1-11-5-3-2-4(9)6(8)7(5)10/h2-3H,8H2,1H3. The Hall–Kier alpha value is -0.335. The van der Waals surface area contributed by atoms with Crippen molar-refractivity contribution in [2.45, 2.75) is 0 Å². The summed E-state index contributed by atoms with van der Waals surface area (Å²) in [4.78, 5) is 0. The normalized spacial score (nSPS) is 9.73. The van der Waals surface area contributed by atoms with Crippen LogP contribution in [0.5, 0.6) is 5.75 Å². The highest BCUT2D eigenvalue weighted by Crippen LogP contribution is 2.23. The third kappa shape index (κ3) is 1.63. The van der Waals surface area contributed by atoms with Crippen LogP contribution in [-0.2, 0) is 0 Å². The Morgan fingerprint density at radius 1 is 1.36 bits per heavy atom. The Bertz CT molecular complexity index is 275. The van der Waals surface area contributed by atoms with Crippen molar-refractivity contribution in [1.29, 1.82) is 0 Å². The number of benzene rings is 1. The van der Waals surface area contributed by atoms with E-state index in [1.807, 2.05) is 7.85 Å². The number of hydrogen-bond acceptors (Lipinski definition) is 1. The van der Waals surface area contributed by atoms with Gasteiger partial charge in [0.15, 0.2) is 0 Å². The van der Waals surface area contributed by atoms with Crippen LogP contribution in [-0.4, -0.2) is 15.0 Å². The van der Waals surface area contributed by atoms with Crippen molar-refractivity contribution in [3.63, 3.8) is 0 Å². The van der Waals surface area contributed by atoms with E-state index in [1.165, 1.54) is 0 Å². The molecule has 0 aliphatic carbocycles. The zero-order chi connectivity index (χ0) is 8.43. The Balaban J connectivity index is 3.25. The van der Waals surface area contributed by atoms with Crippen LogP contribution in [0.3, 0.4) is 0 Å². The van der Waals surface area contributed by atoms with Gasteiger partial charge in [0.05, 0.1) is 12.1 Å². The lowest BCUT2D eigenvalue weighted by atomic mass is 9.96. The van der Waals surface area contributed by atoms with E-state index < -0.39 is 0 Å². The summed E-state index contributed by atoms with van der Waals surface area (Å²) in [5.74, 6) is 0.661. The summed E-state index contributed by atoms with van der Waals surface area (Å²) < 4.78 is 4.99. The lowest BCUT2D eigenvalue weighted by Crippen LogP contribution is -2.06. The zero-order valence-corrected chi connectivity index (χ0v) is 7.83. The van der Waals surface area contributed by atoms with Crippen LogP contribution in [0.15, 0.2) is 12.1 Å². The van der Waals surface area contributed by atoms with Gasteiger partial charge in [0.25, 0.3) is 0 Å². The predicted molar refractivity (Wildman–Crippen MR) is 51.2 cm³/mol. The quantitative estimate of drug-likeness (QED) is 0.604. The van der Waals surface area contributed by atoms with Gasteiger partial charge in [-0.2, -0.15) is 0 Å². The molecule has 1 aromatic rings. The smallest absolute Gasteiger partial charge is 0.143 e. The molecule has 11 heavy (non-hydrogen) atoms. The van der Waals surface area contributed by atoms with Gasteiger partial charge in [-0.1, -0.05) is 23.2 Å². The van der Waals surface area contributed by atoms with Crippen molar-refractivity contribution in [2.24, 2.45) is 0 Å². The number of rotatable bonds is 1. The SMILES string of the molecule is Bc1c(Cl)ccc(OC)c1Cl. The highest BCUT2D eigenvalue weighted by Gasteiger charge is 2.05. The fourth-order valence-electron chi connectivity index (χ4n) is 0.794. The summed E-state index contributed by atoms with van der Waals surface area (Å²) in [7, 11) is 3.43. The highest BCUT2D eigenvalue weighted by atomic mass is 35.5. The summed E-state index contributed by atoms with van der Waals surface area (Å²) in [6, 6.07) is 3.51. The Morgan fingerprint density at radius 3 is 2.55 bits per heavy atom. The Morgan fingerprint density at radius 2 is 2.00 bits per heavy atom. The van der Waals surface area contributed by atoms with Crippen molar-refractivity contribution in [2.75, 3.05) is 7.11 Å². The second kappa shape index (κ2) is 3.37. The van der Waals surface area contributed by atoms with Crippen LogP contribution < -0.4 is 10.2 Å². The van der Waals surface area contributed by atoms with Crippen LogP contribution >= 0.6 is 23.2 Å². The second-order valence-corrected chi connectivity index (χ2v) is 2.97. The molecule has 0 spiro atoms. The van der Waals surface area contributed by atoms with Crippen molar-refractivity contribution < 1.29 is 4.74 Å². The molecule has 0 saturated carbocycles. The summed E-state index contributed by atoms with van der Waals surface area (Å²) in [5, 5.41) is 1.25. The van der Waals surface area contributed by atoms with Gasteiger partial charge in [-0.05, 0) is 17.6 Å². The number of hydrogen-bond donors (Lipinski definition) is 0. The van der Waals surface area contributed by atoms with Crippen LogP contribution in [0.1, 0.15) is 0 Å². The summed E-state index contributed by atoms with van der Waals surface area (Å²) in [6.07, 6.45) is 0. The topological polar surface area (TPSA) is 9.23 Å². The molecule has 0 aliphatic heterocycles. The highest BCUT2D eigenvalue weighted by molar-refractivity contribution is 6.52.